The van der Waals surface area contributed by atoms with Crippen molar-refractivity contribution in [1.82, 2.24) is 19.3 Å². The number of aryl methyl sites for hydroxylation is 1. The maximum atomic E-state index is 13.7. The first-order chi connectivity index (χ1) is 20.0. The summed E-state index contributed by atoms with van der Waals surface area (Å²) < 4.78 is 7.72. The van der Waals surface area contributed by atoms with E-state index in [0.29, 0.717) is 29.1 Å². The summed E-state index contributed by atoms with van der Waals surface area (Å²) >= 11 is 1.49. The summed E-state index contributed by atoms with van der Waals surface area (Å²) in [6.45, 7) is 3.06. The van der Waals surface area contributed by atoms with Crippen LogP contribution >= 0.6 is 11.3 Å². The van der Waals surface area contributed by atoms with Gasteiger partial charge < -0.3 is 5.32 Å². The lowest BCUT2D eigenvalue weighted by molar-refractivity contribution is 0.388. The van der Waals surface area contributed by atoms with E-state index in [4.69, 9.17) is 4.52 Å². The molecule has 0 saturated carbocycles. The lowest BCUT2D eigenvalue weighted by Crippen LogP contribution is -2.41. The molecule has 2 N–H and O–H groups in total. The summed E-state index contributed by atoms with van der Waals surface area (Å²) in [4.78, 5) is 42.9. The topological polar surface area (TPSA) is 115 Å². The van der Waals surface area contributed by atoms with E-state index in [9.17, 15) is 14.4 Å². The van der Waals surface area contributed by atoms with Crippen molar-refractivity contribution in [1.29, 1.82) is 0 Å². The molecule has 0 bridgehead atoms. The average molecular weight is 566 g/mol. The van der Waals surface area contributed by atoms with Crippen molar-refractivity contribution in [2.75, 3.05) is 11.9 Å². The van der Waals surface area contributed by atoms with Crippen LogP contribution in [0, 0.1) is 0 Å². The minimum Gasteiger partial charge on any atom is -0.383 e. The van der Waals surface area contributed by atoms with Crippen molar-refractivity contribution in [3.8, 4) is 22.5 Å². The third kappa shape index (κ3) is 5.29. The summed E-state index contributed by atoms with van der Waals surface area (Å²) in [7, 11) is 0. The lowest BCUT2D eigenvalue weighted by Gasteiger charge is -2.13. The number of thiophene rings is 1. The van der Waals surface area contributed by atoms with Crippen LogP contribution in [0.4, 0.5) is 5.69 Å². The van der Waals surface area contributed by atoms with Gasteiger partial charge in [-0.1, -0.05) is 78.8 Å². The molecule has 6 aromatic rings. The van der Waals surface area contributed by atoms with E-state index in [-0.39, 0.29) is 17.8 Å². The molecule has 41 heavy (non-hydrogen) atoms. The minimum atomic E-state index is -0.612. The van der Waals surface area contributed by atoms with E-state index >= 15 is 0 Å². The zero-order valence-corrected chi connectivity index (χ0v) is 23.1. The van der Waals surface area contributed by atoms with Gasteiger partial charge in [-0.05, 0) is 41.3 Å². The van der Waals surface area contributed by atoms with E-state index in [1.807, 2.05) is 91.9 Å². The third-order valence-corrected chi connectivity index (χ3v) is 8.26. The SMILES string of the molecule is CCc1cc2c(=O)n(CCNc3ccccc3)c(=O)n(Cc3ccc(-c4ccccc4-c4noc(=O)[nH]4)cc3)c2s1. The third-order valence-electron chi connectivity index (χ3n) is 6.96. The number of fused-ring (bicyclic) bond motifs is 1. The number of anilines is 1. The van der Waals surface area contributed by atoms with Gasteiger partial charge in [0.05, 0.1) is 11.9 Å². The molecule has 10 heteroatoms. The van der Waals surface area contributed by atoms with Gasteiger partial charge in [0.15, 0.2) is 5.82 Å². The van der Waals surface area contributed by atoms with Gasteiger partial charge in [-0.15, -0.1) is 11.3 Å². The van der Waals surface area contributed by atoms with Crippen LogP contribution in [0.25, 0.3) is 32.7 Å². The van der Waals surface area contributed by atoms with Crippen LogP contribution in [0.2, 0.25) is 0 Å². The highest BCUT2D eigenvalue weighted by atomic mass is 32.1. The van der Waals surface area contributed by atoms with Gasteiger partial charge in [0.1, 0.15) is 4.83 Å². The van der Waals surface area contributed by atoms with Gasteiger partial charge in [-0.25, -0.2) is 9.59 Å². The maximum Gasteiger partial charge on any atom is 0.439 e. The Morgan fingerprint density at radius 3 is 2.34 bits per heavy atom. The molecule has 0 saturated heterocycles. The number of benzene rings is 3. The first-order valence-corrected chi connectivity index (χ1v) is 14.1. The molecule has 0 aliphatic carbocycles. The van der Waals surface area contributed by atoms with Gasteiger partial charge in [-0.2, -0.15) is 0 Å². The zero-order valence-electron chi connectivity index (χ0n) is 22.3. The Kier molecular flexibility index (Phi) is 7.22. The van der Waals surface area contributed by atoms with E-state index < -0.39 is 5.76 Å². The van der Waals surface area contributed by atoms with Crippen molar-refractivity contribution >= 4 is 27.2 Å². The number of nitrogens with zero attached hydrogens (tertiary/aromatic N) is 3. The summed E-state index contributed by atoms with van der Waals surface area (Å²) in [6, 6.07) is 27.1. The molecule has 0 unspecified atom stereocenters. The Balaban J connectivity index is 1.33. The Hall–Kier alpha value is -4.96. The maximum absolute atomic E-state index is 13.7. The monoisotopic (exact) mass is 565 g/mol. The lowest BCUT2D eigenvalue weighted by atomic mass is 9.98. The molecule has 0 fully saturated rings. The van der Waals surface area contributed by atoms with Gasteiger partial charge >= 0.3 is 11.4 Å². The van der Waals surface area contributed by atoms with Crippen LogP contribution in [0.3, 0.4) is 0 Å². The number of hydrogen-bond acceptors (Lipinski definition) is 7. The number of para-hydroxylation sites is 1. The Morgan fingerprint density at radius 1 is 0.902 bits per heavy atom. The summed E-state index contributed by atoms with van der Waals surface area (Å²) in [5.41, 5.74) is 3.81. The van der Waals surface area contributed by atoms with Crippen molar-refractivity contribution in [2.45, 2.75) is 26.4 Å². The van der Waals surface area contributed by atoms with Crippen LogP contribution in [0.15, 0.2) is 104 Å². The smallest absolute Gasteiger partial charge is 0.383 e. The largest absolute Gasteiger partial charge is 0.439 e. The predicted molar refractivity (Wildman–Crippen MR) is 162 cm³/mol. The quantitative estimate of drug-likeness (QED) is 0.256. The molecule has 0 radical (unpaired) electrons. The Labute approximate surface area is 238 Å². The number of H-pyrrole nitrogens is 1. The highest BCUT2D eigenvalue weighted by Crippen LogP contribution is 2.30. The summed E-state index contributed by atoms with van der Waals surface area (Å²) in [5.74, 6) is -0.254. The molecule has 206 valence electrons. The Bertz CT molecular complexity index is 2000. The number of aromatic nitrogens is 4. The number of rotatable bonds is 9. The second kappa shape index (κ2) is 11.3. The fraction of sp³-hybridized carbons (Fsp3) is 0.161. The average Bonchev–Trinajstić information content (AvgIpc) is 3.64. The summed E-state index contributed by atoms with van der Waals surface area (Å²) in [5, 5.41) is 7.69. The molecule has 9 nitrogen and oxygen atoms in total. The van der Waals surface area contributed by atoms with E-state index in [2.05, 4.69) is 15.5 Å². The van der Waals surface area contributed by atoms with Crippen molar-refractivity contribution in [2.24, 2.45) is 0 Å². The first kappa shape index (κ1) is 26.3. The fourth-order valence-electron chi connectivity index (χ4n) is 4.89. The van der Waals surface area contributed by atoms with Gasteiger partial charge in [-0.3, -0.25) is 23.4 Å². The van der Waals surface area contributed by atoms with E-state index in [0.717, 1.165) is 39.2 Å². The highest BCUT2D eigenvalue weighted by Gasteiger charge is 2.17. The fourth-order valence-corrected chi connectivity index (χ4v) is 5.97. The second-order valence-corrected chi connectivity index (χ2v) is 10.7. The normalized spacial score (nSPS) is 11.2. The molecule has 3 aromatic carbocycles. The van der Waals surface area contributed by atoms with Gasteiger partial charge in [0.25, 0.3) is 5.56 Å². The molecule has 0 atom stereocenters. The van der Waals surface area contributed by atoms with Gasteiger partial charge in [0.2, 0.25) is 0 Å². The van der Waals surface area contributed by atoms with Crippen molar-refractivity contribution in [3.63, 3.8) is 0 Å². The number of hydrogen-bond donors (Lipinski definition) is 2. The molecule has 0 amide bonds. The highest BCUT2D eigenvalue weighted by molar-refractivity contribution is 7.18. The molecule has 0 aliphatic heterocycles. The predicted octanol–water partition coefficient (Wildman–Crippen LogP) is 4.96. The molecule has 3 heterocycles. The molecule has 6 rings (SSSR count). The number of aromatic amines is 1. The first-order valence-electron chi connectivity index (χ1n) is 13.3. The minimum absolute atomic E-state index is 0.250. The molecule has 0 aliphatic rings. The van der Waals surface area contributed by atoms with E-state index in [1.165, 1.54) is 15.9 Å². The van der Waals surface area contributed by atoms with Crippen LogP contribution in [0.1, 0.15) is 17.4 Å². The molecule has 0 spiro atoms. The Morgan fingerprint density at radius 2 is 1.63 bits per heavy atom. The van der Waals surface area contributed by atoms with Gasteiger partial charge in [0, 0.05) is 29.2 Å². The van der Waals surface area contributed by atoms with Crippen LogP contribution in [0.5, 0.6) is 0 Å². The molecular formula is C31H27N5O4S. The van der Waals surface area contributed by atoms with Crippen LogP contribution < -0.4 is 22.3 Å². The second-order valence-electron chi connectivity index (χ2n) is 9.59. The van der Waals surface area contributed by atoms with Crippen LogP contribution in [-0.2, 0) is 19.5 Å². The van der Waals surface area contributed by atoms with E-state index in [1.54, 1.807) is 4.57 Å². The molecular weight excluding hydrogens is 538 g/mol. The molecule has 3 aromatic heterocycles. The van der Waals surface area contributed by atoms with Crippen LogP contribution in [-0.4, -0.2) is 25.8 Å². The van der Waals surface area contributed by atoms with Crippen molar-refractivity contribution < 1.29 is 4.52 Å². The number of nitrogens with one attached hydrogen (secondary N) is 2. The zero-order chi connectivity index (χ0) is 28.3. The summed E-state index contributed by atoms with van der Waals surface area (Å²) in [6.07, 6.45) is 0.785. The van der Waals surface area contributed by atoms with Crippen molar-refractivity contribution in [3.05, 3.63) is 127 Å². The standard InChI is InChI=1S/C31H27N5O4S/c1-2-23-18-26-28(37)35(17-16-32-22-8-4-3-5-9-22)31(39)36(29(26)41-23)19-20-12-14-21(15-13-20)24-10-6-7-11-25(24)27-33-30(38)40-34-27/h3-15,18,32H,2,16-17,19H2,1H3,(H,33,34,38).